The third kappa shape index (κ3) is 5.12. The Morgan fingerprint density at radius 2 is 1.88 bits per heavy atom. The fraction of sp³-hybridized carbons (Fsp3) is 0.500. The zero-order chi connectivity index (χ0) is 18.5. The normalized spacial score (nSPS) is 16.2. The monoisotopic (exact) mass is 421 g/mol. The summed E-state index contributed by atoms with van der Waals surface area (Å²) in [7, 11) is 0. The van der Waals surface area contributed by atoms with Gasteiger partial charge in [0, 0.05) is 36.7 Å². The van der Waals surface area contributed by atoms with Crippen molar-refractivity contribution in [2.24, 2.45) is 0 Å². The second kappa shape index (κ2) is 8.75. The van der Waals surface area contributed by atoms with Gasteiger partial charge in [-0.25, -0.2) is 0 Å². The van der Waals surface area contributed by atoms with Gasteiger partial charge >= 0.3 is 0 Å². The van der Waals surface area contributed by atoms with Crippen molar-refractivity contribution >= 4 is 21.8 Å². The summed E-state index contributed by atoms with van der Waals surface area (Å²) < 4.78 is 6.75. The van der Waals surface area contributed by atoms with Crippen LogP contribution in [0.2, 0.25) is 0 Å². The van der Waals surface area contributed by atoms with Gasteiger partial charge in [-0.15, -0.1) is 10.2 Å². The zero-order valence-electron chi connectivity index (χ0n) is 15.1. The minimum absolute atomic E-state index is 0.0865. The number of hydrogen-bond donors (Lipinski definition) is 1. The number of amides is 1. The molecule has 140 valence electrons. The van der Waals surface area contributed by atoms with Crippen LogP contribution < -0.4 is 5.32 Å². The molecule has 1 aromatic heterocycles. The summed E-state index contributed by atoms with van der Waals surface area (Å²) in [6, 6.07) is 7.97. The van der Waals surface area contributed by atoms with Gasteiger partial charge in [-0.1, -0.05) is 12.1 Å². The molecule has 1 aliphatic rings. The number of nitrogens with one attached hydrogen (secondary N) is 1. The molecule has 0 unspecified atom stereocenters. The Balaban J connectivity index is 1.50. The van der Waals surface area contributed by atoms with Crippen LogP contribution in [-0.4, -0.2) is 64.7 Å². The minimum atomic E-state index is 0.0865. The van der Waals surface area contributed by atoms with E-state index < -0.39 is 0 Å². The molecule has 2 heterocycles. The van der Waals surface area contributed by atoms with Crippen LogP contribution in [0.1, 0.15) is 19.7 Å². The fourth-order valence-corrected chi connectivity index (χ4v) is 3.38. The molecule has 7 nitrogen and oxygen atoms in total. The lowest BCUT2D eigenvalue weighted by molar-refractivity contribution is -0.123. The van der Waals surface area contributed by atoms with E-state index in [0.29, 0.717) is 24.9 Å². The van der Waals surface area contributed by atoms with Crippen molar-refractivity contribution in [3.05, 3.63) is 34.6 Å². The van der Waals surface area contributed by atoms with Gasteiger partial charge < -0.3 is 9.73 Å². The fourth-order valence-electron chi connectivity index (χ4n) is 2.93. The van der Waals surface area contributed by atoms with Crippen molar-refractivity contribution < 1.29 is 9.21 Å². The molecule has 26 heavy (non-hydrogen) atoms. The van der Waals surface area contributed by atoms with Crippen LogP contribution in [0.5, 0.6) is 0 Å². The Labute approximate surface area is 161 Å². The molecule has 0 spiro atoms. The van der Waals surface area contributed by atoms with E-state index in [-0.39, 0.29) is 11.9 Å². The molecule has 1 saturated heterocycles. The van der Waals surface area contributed by atoms with Crippen molar-refractivity contribution in [2.75, 3.05) is 32.7 Å². The van der Waals surface area contributed by atoms with Crippen LogP contribution in [0.4, 0.5) is 0 Å². The molecule has 0 bridgehead atoms. The maximum atomic E-state index is 11.9. The van der Waals surface area contributed by atoms with Crippen molar-refractivity contribution in [3.8, 4) is 11.5 Å². The highest BCUT2D eigenvalue weighted by Crippen LogP contribution is 2.26. The van der Waals surface area contributed by atoms with E-state index in [1.165, 1.54) is 0 Å². The summed E-state index contributed by atoms with van der Waals surface area (Å²) in [5, 5.41) is 11.3. The first kappa shape index (κ1) is 19.0. The van der Waals surface area contributed by atoms with Crippen LogP contribution in [0.3, 0.4) is 0 Å². The second-order valence-electron chi connectivity index (χ2n) is 6.76. The predicted molar refractivity (Wildman–Crippen MR) is 102 cm³/mol. The molecule has 8 heteroatoms. The quantitative estimate of drug-likeness (QED) is 0.769. The van der Waals surface area contributed by atoms with Crippen LogP contribution in [0.15, 0.2) is 33.2 Å². The van der Waals surface area contributed by atoms with E-state index >= 15 is 0 Å². The van der Waals surface area contributed by atoms with Gasteiger partial charge in [0.1, 0.15) is 0 Å². The molecule has 3 rings (SSSR count). The molecular weight excluding hydrogens is 398 g/mol. The molecule has 0 aliphatic carbocycles. The Morgan fingerprint density at radius 1 is 1.19 bits per heavy atom. The zero-order valence-corrected chi connectivity index (χ0v) is 16.7. The lowest BCUT2D eigenvalue weighted by atomic mass is 10.2. The molecule has 1 aromatic carbocycles. The number of carbonyl (C=O) groups excluding carboxylic acids is 1. The molecule has 2 aromatic rings. The third-order valence-corrected chi connectivity index (χ3v) is 4.90. The van der Waals surface area contributed by atoms with Crippen molar-refractivity contribution in [2.45, 2.75) is 26.4 Å². The highest BCUT2D eigenvalue weighted by atomic mass is 79.9. The van der Waals surface area contributed by atoms with Crippen LogP contribution in [-0.2, 0) is 11.3 Å². The molecule has 0 atom stereocenters. The molecule has 0 radical (unpaired) electrons. The lowest BCUT2D eigenvalue weighted by Gasteiger charge is -2.33. The standard InChI is InChI=1S/C18H24BrN5O2/c1-13(2)20-16(25)11-23-7-9-24(10-8-23)12-17-21-22-18(26-17)14-5-3-4-6-15(14)19/h3-6,13H,7-12H2,1-2H3,(H,20,25). The molecule has 1 aliphatic heterocycles. The van der Waals surface area contributed by atoms with E-state index in [4.69, 9.17) is 4.42 Å². The highest BCUT2D eigenvalue weighted by Gasteiger charge is 2.21. The van der Waals surface area contributed by atoms with Gasteiger partial charge in [0.05, 0.1) is 18.7 Å². The summed E-state index contributed by atoms with van der Waals surface area (Å²) in [6.07, 6.45) is 0. The van der Waals surface area contributed by atoms with Gasteiger partial charge in [-0.2, -0.15) is 0 Å². The number of rotatable bonds is 6. The van der Waals surface area contributed by atoms with Gasteiger partial charge in [-0.3, -0.25) is 14.6 Å². The Kier molecular flexibility index (Phi) is 6.39. The number of aromatic nitrogens is 2. The summed E-state index contributed by atoms with van der Waals surface area (Å²) in [5.74, 6) is 1.22. The predicted octanol–water partition coefficient (Wildman–Crippen LogP) is 2.14. The van der Waals surface area contributed by atoms with Crippen molar-refractivity contribution in [3.63, 3.8) is 0 Å². The van der Waals surface area contributed by atoms with Crippen molar-refractivity contribution in [1.82, 2.24) is 25.3 Å². The Bertz CT molecular complexity index is 741. The van der Waals surface area contributed by atoms with Gasteiger partial charge in [0.25, 0.3) is 0 Å². The number of nitrogens with zero attached hydrogens (tertiary/aromatic N) is 4. The van der Waals surface area contributed by atoms with E-state index in [9.17, 15) is 4.79 Å². The van der Waals surface area contributed by atoms with E-state index in [0.717, 1.165) is 36.2 Å². The number of halogens is 1. The molecule has 1 N–H and O–H groups in total. The molecular formula is C18H24BrN5O2. The van der Waals surface area contributed by atoms with E-state index in [2.05, 4.69) is 41.2 Å². The maximum Gasteiger partial charge on any atom is 0.248 e. The van der Waals surface area contributed by atoms with Gasteiger partial charge in [0.15, 0.2) is 0 Å². The maximum absolute atomic E-state index is 11.9. The molecule has 1 fully saturated rings. The lowest BCUT2D eigenvalue weighted by Crippen LogP contribution is -2.49. The Hall–Kier alpha value is -1.77. The average molecular weight is 422 g/mol. The average Bonchev–Trinajstić information content (AvgIpc) is 3.04. The van der Waals surface area contributed by atoms with Crippen LogP contribution in [0, 0.1) is 0 Å². The number of carbonyl (C=O) groups is 1. The van der Waals surface area contributed by atoms with E-state index in [1.54, 1.807) is 0 Å². The smallest absolute Gasteiger partial charge is 0.248 e. The first-order valence-electron chi connectivity index (χ1n) is 8.82. The summed E-state index contributed by atoms with van der Waals surface area (Å²) in [6.45, 7) is 8.50. The Morgan fingerprint density at radius 3 is 2.58 bits per heavy atom. The summed E-state index contributed by atoms with van der Waals surface area (Å²) in [4.78, 5) is 16.3. The third-order valence-electron chi connectivity index (χ3n) is 4.21. The summed E-state index contributed by atoms with van der Waals surface area (Å²) in [5.41, 5.74) is 0.896. The second-order valence-corrected chi connectivity index (χ2v) is 7.61. The van der Waals surface area contributed by atoms with E-state index in [1.807, 2.05) is 38.1 Å². The van der Waals surface area contributed by atoms with Crippen molar-refractivity contribution in [1.29, 1.82) is 0 Å². The largest absolute Gasteiger partial charge is 0.419 e. The van der Waals surface area contributed by atoms with Crippen LogP contribution in [0.25, 0.3) is 11.5 Å². The first-order valence-corrected chi connectivity index (χ1v) is 9.62. The van der Waals surface area contributed by atoms with Gasteiger partial charge in [0.2, 0.25) is 17.7 Å². The minimum Gasteiger partial charge on any atom is -0.419 e. The molecule has 0 saturated carbocycles. The molecule has 1 amide bonds. The number of benzene rings is 1. The summed E-state index contributed by atoms with van der Waals surface area (Å²) >= 11 is 3.51. The SMILES string of the molecule is CC(C)NC(=O)CN1CCN(Cc2nnc(-c3ccccc3Br)o2)CC1. The van der Waals surface area contributed by atoms with Gasteiger partial charge in [-0.05, 0) is 41.9 Å². The first-order chi connectivity index (χ1) is 12.5. The topological polar surface area (TPSA) is 74.5 Å². The number of hydrogen-bond acceptors (Lipinski definition) is 6. The highest BCUT2D eigenvalue weighted by molar-refractivity contribution is 9.10. The van der Waals surface area contributed by atoms with Crippen LogP contribution >= 0.6 is 15.9 Å². The number of piperazine rings is 1.